The normalized spacial score (nSPS) is 13.3. The van der Waals surface area contributed by atoms with Crippen molar-refractivity contribution in [2.75, 3.05) is 108 Å². The van der Waals surface area contributed by atoms with Crippen molar-refractivity contribution in [2.45, 2.75) is 71.9 Å². The molecule has 24 heteroatoms. The van der Waals surface area contributed by atoms with Crippen molar-refractivity contribution >= 4 is 63.8 Å². The van der Waals surface area contributed by atoms with Gasteiger partial charge in [-0.2, -0.15) is 15.1 Å². The first-order chi connectivity index (χ1) is 36.0. The number of nitrogen functional groups attached to an aromatic ring is 2. The van der Waals surface area contributed by atoms with Gasteiger partial charge in [-0.1, -0.05) is 13.8 Å². The number of aryl methyl sites for hydroxylation is 1. The molecule has 6 rings (SSSR count). The Morgan fingerprint density at radius 2 is 1.47 bits per heavy atom. The van der Waals surface area contributed by atoms with E-state index in [1.54, 1.807) is 47.3 Å². The van der Waals surface area contributed by atoms with E-state index in [0.717, 1.165) is 17.1 Å². The van der Waals surface area contributed by atoms with E-state index in [1.165, 1.54) is 0 Å². The summed E-state index contributed by atoms with van der Waals surface area (Å²) in [6.07, 6.45) is 3.79. The number of carbonyl (C=O) groups excluding carboxylic acids is 4. The van der Waals surface area contributed by atoms with Gasteiger partial charge >= 0.3 is 5.97 Å². The molecule has 5 aromatic rings. The molecule has 0 fully saturated rings. The summed E-state index contributed by atoms with van der Waals surface area (Å²) in [5.74, 6) is -2.49. The molecule has 0 saturated heterocycles. The van der Waals surface area contributed by atoms with E-state index in [-0.39, 0.29) is 52.9 Å². The minimum Gasteiger partial charge on any atom is -0.480 e. The number of aromatic nitrogens is 6. The highest BCUT2D eigenvalue weighted by atomic mass is 16.6. The minimum absolute atomic E-state index is 0.00631. The van der Waals surface area contributed by atoms with Crippen LogP contribution in [-0.4, -0.2) is 157 Å². The highest BCUT2D eigenvalue weighted by Gasteiger charge is 2.36. The molecule has 0 unspecified atom stereocenters. The number of carbonyl (C=O) groups is 5. The number of aliphatic carboxylic acids is 1. The van der Waals surface area contributed by atoms with Crippen LogP contribution in [0.4, 0.5) is 23.1 Å². The Bertz CT molecular complexity index is 2750. The van der Waals surface area contributed by atoms with Crippen molar-refractivity contribution < 1.29 is 52.8 Å². The number of ether oxygens (including phenoxy) is 5. The Morgan fingerprint density at radius 1 is 0.840 bits per heavy atom. The second-order valence-electron chi connectivity index (χ2n) is 18.7. The average Bonchev–Trinajstić information content (AvgIpc) is 3.70. The second-order valence-corrected chi connectivity index (χ2v) is 18.7. The van der Waals surface area contributed by atoms with E-state index in [1.807, 2.05) is 24.9 Å². The Morgan fingerprint density at radius 3 is 2.09 bits per heavy atom. The summed E-state index contributed by atoms with van der Waals surface area (Å²) < 4.78 is 29.7. The zero-order chi connectivity index (χ0) is 53.9. The summed E-state index contributed by atoms with van der Waals surface area (Å²) >= 11 is 0. The lowest BCUT2D eigenvalue weighted by Gasteiger charge is -2.29. The fourth-order valence-corrected chi connectivity index (χ4v) is 8.28. The van der Waals surface area contributed by atoms with Gasteiger partial charge in [0.05, 0.1) is 99.5 Å². The highest BCUT2D eigenvalue weighted by Crippen LogP contribution is 2.37. The van der Waals surface area contributed by atoms with Gasteiger partial charge in [-0.25, -0.2) is 19.4 Å². The smallest absolute Gasteiger partial charge is 0.326 e. The third kappa shape index (κ3) is 17.1. The van der Waals surface area contributed by atoms with E-state index in [2.05, 4.69) is 54.8 Å². The number of Topliss-reactive ketones (excluding diaryl/α,β-unsaturated/α-hetero) is 1. The van der Waals surface area contributed by atoms with Crippen molar-refractivity contribution in [3.63, 3.8) is 0 Å². The van der Waals surface area contributed by atoms with Crippen LogP contribution in [0, 0.1) is 12.3 Å². The summed E-state index contributed by atoms with van der Waals surface area (Å²) in [4.78, 5) is 81.0. The van der Waals surface area contributed by atoms with Crippen LogP contribution in [0.1, 0.15) is 94.1 Å². The summed E-state index contributed by atoms with van der Waals surface area (Å²) in [5.41, 5.74) is 23.3. The number of nitrogens with one attached hydrogen (secondary N) is 3. The van der Waals surface area contributed by atoms with Gasteiger partial charge in [0.15, 0.2) is 22.8 Å². The first-order valence-corrected chi connectivity index (χ1v) is 24.8. The van der Waals surface area contributed by atoms with Gasteiger partial charge in [0.25, 0.3) is 11.8 Å². The molecule has 0 aliphatic heterocycles. The number of nitrogens with zero attached hydrogens (tertiary/aromatic N) is 7. The van der Waals surface area contributed by atoms with E-state index in [9.17, 15) is 29.1 Å². The fraction of sp³-hybridized carbons (Fsp3) is 0.490. The molecule has 2 aromatic carbocycles. The number of fused-ring (bicyclic) bond motifs is 2. The maximum Gasteiger partial charge on any atom is 0.326 e. The number of hydrogen-bond donors (Lipinski definition) is 7. The molecule has 1 aliphatic carbocycles. The molecule has 0 bridgehead atoms. The lowest BCUT2D eigenvalue weighted by Crippen LogP contribution is -2.41. The lowest BCUT2D eigenvalue weighted by molar-refractivity contribution is -0.139. The molecule has 0 spiro atoms. The monoisotopic (exact) mass is 1040 g/mol. The average molecular weight is 1040 g/mol. The number of nitrogens with two attached hydrogens (primary N) is 3. The molecule has 1 aliphatic rings. The van der Waals surface area contributed by atoms with Crippen LogP contribution in [0.25, 0.3) is 16.9 Å². The number of carboxylic acids is 1. The molecule has 404 valence electrons. The largest absolute Gasteiger partial charge is 0.480 e. The minimum atomic E-state index is -1.27. The molecule has 0 radical (unpaired) electrons. The Kier molecular flexibility index (Phi) is 21.1. The highest BCUT2D eigenvalue weighted by molar-refractivity contribution is 6.01. The Hall–Kier alpha value is -7.38. The summed E-state index contributed by atoms with van der Waals surface area (Å²) in [6, 6.07) is 10.6. The quantitative estimate of drug-likeness (QED) is 0.0304. The van der Waals surface area contributed by atoms with Gasteiger partial charge in [0.1, 0.15) is 6.04 Å². The van der Waals surface area contributed by atoms with Crippen LogP contribution in [0.3, 0.4) is 0 Å². The maximum atomic E-state index is 12.9. The Balaban J connectivity index is 0.728. The lowest BCUT2D eigenvalue weighted by atomic mass is 9.75. The van der Waals surface area contributed by atoms with Gasteiger partial charge in [-0.05, 0) is 80.5 Å². The van der Waals surface area contributed by atoms with Gasteiger partial charge < -0.3 is 66.8 Å². The standard InChI is InChI=1S/C51H69N13O11/c1-32-43-40(28-51(2,3)29-41(43)65)64(62-32)36-11-12-37(46(53)67)39(27-36)55-15-5-17-71-19-21-73-23-25-75-26-24-74-22-20-72-18-6-16-56-42(66)14-13-38(49(69)70)59-48(68)33-7-9-35(10-8-33)63(4)31-34-30-57-47-44(58-34)45(52)60-50(54)61-47/h7-12,27,30,38,55H,5-6,13-26,28-29,31H2,1-4H3,(H2,53,67)(H,56,66)(H,59,68)(H,69,70)(H4,52,54,57,60,61)/t38-/m0/s1. The topological polar surface area (TPSA) is 338 Å². The molecule has 75 heavy (non-hydrogen) atoms. The Labute approximate surface area is 434 Å². The first kappa shape index (κ1) is 56.9. The first-order valence-electron chi connectivity index (χ1n) is 24.8. The van der Waals surface area contributed by atoms with Crippen LogP contribution in [0.15, 0.2) is 48.7 Å². The number of benzene rings is 2. The zero-order valence-corrected chi connectivity index (χ0v) is 43.0. The van der Waals surface area contributed by atoms with Crippen molar-refractivity contribution in [1.29, 1.82) is 0 Å². The number of hydrogen-bond acceptors (Lipinski definition) is 19. The zero-order valence-electron chi connectivity index (χ0n) is 43.0. The van der Waals surface area contributed by atoms with Crippen molar-refractivity contribution in [3.8, 4) is 5.69 Å². The molecular formula is C51H69N13O11. The van der Waals surface area contributed by atoms with E-state index >= 15 is 0 Å². The van der Waals surface area contributed by atoms with E-state index < -0.39 is 23.8 Å². The second kappa shape index (κ2) is 27.8. The van der Waals surface area contributed by atoms with Gasteiger partial charge in [-0.3, -0.25) is 19.2 Å². The maximum absolute atomic E-state index is 12.9. The van der Waals surface area contributed by atoms with Gasteiger partial charge in [0.2, 0.25) is 11.9 Å². The third-order valence-corrected chi connectivity index (χ3v) is 12.0. The van der Waals surface area contributed by atoms with Gasteiger partial charge in [0, 0.05) is 63.1 Å². The summed E-state index contributed by atoms with van der Waals surface area (Å²) in [5, 5.41) is 23.0. The molecule has 3 amide bonds. The predicted octanol–water partition coefficient (Wildman–Crippen LogP) is 3.02. The number of anilines is 4. The summed E-state index contributed by atoms with van der Waals surface area (Å²) in [6.45, 7) is 11.3. The summed E-state index contributed by atoms with van der Waals surface area (Å²) in [7, 11) is 1.83. The van der Waals surface area contributed by atoms with Crippen LogP contribution in [0.2, 0.25) is 0 Å². The predicted molar refractivity (Wildman–Crippen MR) is 279 cm³/mol. The number of rotatable bonds is 32. The number of ketones is 1. The molecule has 3 aromatic heterocycles. The number of primary amides is 1. The third-order valence-electron chi connectivity index (χ3n) is 12.0. The number of carboxylic acid groups (broad SMARTS) is 1. The molecule has 0 saturated carbocycles. The molecule has 10 N–H and O–H groups in total. The van der Waals surface area contributed by atoms with Crippen LogP contribution in [0.5, 0.6) is 0 Å². The van der Waals surface area contributed by atoms with Gasteiger partial charge in [-0.15, -0.1) is 0 Å². The SMILES string of the molecule is Cc1nn(-c2ccc(C(N)=O)c(NCCCOCCOCCOCCOCCOCCCNC(=O)CC[C@H](NC(=O)c3ccc(N(C)Cc4cnc5nc(N)nc(N)c5n4)cc3)C(=O)O)c2)c2c1C(=O)CC(C)(C)C2. The van der Waals surface area contributed by atoms with E-state index in [0.29, 0.717) is 145 Å². The van der Waals surface area contributed by atoms with Crippen LogP contribution < -0.4 is 38.1 Å². The van der Waals surface area contributed by atoms with Crippen LogP contribution in [-0.2, 0) is 46.2 Å². The van der Waals surface area contributed by atoms with Crippen LogP contribution >= 0.6 is 0 Å². The molecule has 3 heterocycles. The van der Waals surface area contributed by atoms with Crippen molar-refractivity contribution in [3.05, 3.63) is 82.4 Å². The number of amides is 3. The van der Waals surface area contributed by atoms with Crippen molar-refractivity contribution in [2.24, 2.45) is 11.1 Å². The fourth-order valence-electron chi connectivity index (χ4n) is 8.28. The van der Waals surface area contributed by atoms with E-state index in [4.69, 9.17) is 40.9 Å². The van der Waals surface area contributed by atoms with Crippen molar-refractivity contribution in [1.82, 2.24) is 40.3 Å². The molecule has 1 atom stereocenters. The molecular weight excluding hydrogens is 971 g/mol. The molecule has 24 nitrogen and oxygen atoms in total.